The van der Waals surface area contributed by atoms with E-state index in [9.17, 15) is 0 Å². The monoisotopic (exact) mass is 660 g/mol. The third kappa shape index (κ3) is 3.65. The van der Waals surface area contributed by atoms with Crippen LogP contribution in [0.4, 0.5) is 0 Å². The minimum Gasteiger partial charge on any atom is -0.308 e. The second-order valence-electron chi connectivity index (χ2n) is 13.8. The van der Waals surface area contributed by atoms with Crippen molar-refractivity contribution >= 4 is 65.3 Å². The van der Waals surface area contributed by atoms with E-state index >= 15 is 0 Å². The Balaban J connectivity index is 1.29. The van der Waals surface area contributed by atoms with Crippen molar-refractivity contribution in [3.8, 4) is 45.1 Å². The normalized spacial score (nSPS) is 12.2. The molecule has 3 aromatic heterocycles. The van der Waals surface area contributed by atoms with Crippen LogP contribution in [0.1, 0.15) is 0 Å². The first kappa shape index (κ1) is 27.7. The molecular formula is C48H28N4. The topological polar surface area (TPSA) is 35.6 Å². The summed E-state index contributed by atoms with van der Waals surface area (Å²) in [6.45, 7) is 0. The second-order valence-corrected chi connectivity index (χ2v) is 13.8. The average molecular weight is 661 g/mol. The molecule has 0 fully saturated rings. The zero-order valence-corrected chi connectivity index (χ0v) is 28.0. The lowest BCUT2D eigenvalue weighted by Gasteiger charge is -2.15. The maximum absolute atomic E-state index is 5.44. The molecule has 1 aliphatic heterocycles. The highest BCUT2D eigenvalue weighted by Gasteiger charge is 2.27. The standard InChI is InChI=1S/C48H28N4/c1-2-14-30(15-3-1)45-38-20-8-10-23-41(38)49-48(50-45)52-44-27-39-33-18-7-6-17-32(33)35-21-12-22-36-34-19-9-11-24-42(34)51(47(35)36)43(39)28-40(44)37-26-25-29-13-4-5-16-31(29)46(37)52/h1-28H. The van der Waals surface area contributed by atoms with Crippen molar-refractivity contribution in [2.75, 3.05) is 0 Å². The van der Waals surface area contributed by atoms with E-state index in [2.05, 4.69) is 179 Å². The second kappa shape index (κ2) is 10.3. The lowest BCUT2D eigenvalue weighted by molar-refractivity contribution is 1.02. The Labute approximate surface area is 298 Å². The van der Waals surface area contributed by atoms with Crippen LogP contribution in [-0.2, 0) is 0 Å². The van der Waals surface area contributed by atoms with Gasteiger partial charge in [-0.05, 0) is 40.8 Å². The molecule has 0 bridgehead atoms. The van der Waals surface area contributed by atoms with Crippen molar-refractivity contribution in [1.82, 2.24) is 19.1 Å². The molecular weight excluding hydrogens is 633 g/mol. The maximum Gasteiger partial charge on any atom is 0.235 e. The molecule has 0 unspecified atom stereocenters. The quantitative estimate of drug-likeness (QED) is 0.185. The summed E-state index contributed by atoms with van der Waals surface area (Å²) in [7, 11) is 0. The summed E-state index contributed by atoms with van der Waals surface area (Å²) in [5, 5.41) is 8.25. The summed E-state index contributed by atoms with van der Waals surface area (Å²) in [4.78, 5) is 10.8. The summed E-state index contributed by atoms with van der Waals surface area (Å²) in [5.41, 5.74) is 13.6. The Kier molecular flexibility index (Phi) is 5.47. The number of benzene rings is 8. The van der Waals surface area contributed by atoms with Gasteiger partial charge in [0.2, 0.25) is 5.95 Å². The van der Waals surface area contributed by atoms with Gasteiger partial charge >= 0.3 is 0 Å². The van der Waals surface area contributed by atoms with Crippen molar-refractivity contribution in [2.45, 2.75) is 0 Å². The Bertz CT molecular complexity index is 3290. The summed E-state index contributed by atoms with van der Waals surface area (Å²) < 4.78 is 4.81. The van der Waals surface area contributed by atoms with Crippen LogP contribution >= 0.6 is 0 Å². The van der Waals surface area contributed by atoms with E-state index in [0.717, 1.165) is 33.2 Å². The smallest absolute Gasteiger partial charge is 0.235 e. The van der Waals surface area contributed by atoms with Gasteiger partial charge in [-0.25, -0.2) is 9.97 Å². The van der Waals surface area contributed by atoms with Gasteiger partial charge in [-0.1, -0.05) is 146 Å². The Morgan fingerprint density at radius 1 is 0.365 bits per heavy atom. The highest BCUT2D eigenvalue weighted by molar-refractivity contribution is 6.21. The molecule has 0 saturated carbocycles. The largest absolute Gasteiger partial charge is 0.308 e. The molecule has 240 valence electrons. The minimum atomic E-state index is 0.660. The molecule has 4 heteroatoms. The van der Waals surface area contributed by atoms with Crippen molar-refractivity contribution in [1.29, 1.82) is 0 Å². The fourth-order valence-electron chi connectivity index (χ4n) is 8.84. The number of nitrogens with zero attached hydrogens (tertiary/aromatic N) is 4. The van der Waals surface area contributed by atoms with E-state index in [-0.39, 0.29) is 0 Å². The molecule has 4 heterocycles. The van der Waals surface area contributed by atoms with E-state index in [4.69, 9.17) is 9.97 Å². The lowest BCUT2D eigenvalue weighted by Crippen LogP contribution is -2.04. The third-order valence-electron chi connectivity index (χ3n) is 11.1. The molecule has 0 saturated heterocycles. The van der Waals surface area contributed by atoms with Crippen LogP contribution in [0.2, 0.25) is 0 Å². The van der Waals surface area contributed by atoms with Gasteiger partial charge in [0.05, 0.1) is 39.0 Å². The number of hydrogen-bond acceptors (Lipinski definition) is 2. The van der Waals surface area contributed by atoms with Crippen molar-refractivity contribution < 1.29 is 0 Å². The lowest BCUT2D eigenvalue weighted by atomic mass is 9.93. The van der Waals surface area contributed by atoms with Crippen molar-refractivity contribution in [2.24, 2.45) is 0 Å². The Hall–Kier alpha value is -7.04. The SMILES string of the molecule is c1ccc(-c2nc(-n3c4cc5c(cc4c4ccc6ccccc6c43)-n3c4ccccc4c4cccc(c43)-c3ccccc3-5)nc3ccccc23)cc1. The van der Waals surface area contributed by atoms with Crippen molar-refractivity contribution in [3.63, 3.8) is 0 Å². The number of aromatic nitrogens is 4. The molecule has 0 amide bonds. The van der Waals surface area contributed by atoms with Crippen LogP contribution in [0.5, 0.6) is 0 Å². The number of fused-ring (bicyclic) bond motifs is 14. The van der Waals surface area contributed by atoms with E-state index < -0.39 is 0 Å². The van der Waals surface area contributed by atoms with Gasteiger partial charge in [0.15, 0.2) is 0 Å². The first-order chi connectivity index (χ1) is 25.8. The molecule has 0 atom stereocenters. The number of hydrogen-bond donors (Lipinski definition) is 0. The highest BCUT2D eigenvalue weighted by Crippen LogP contribution is 2.49. The van der Waals surface area contributed by atoms with Gasteiger partial charge in [-0.3, -0.25) is 4.57 Å². The van der Waals surface area contributed by atoms with Crippen molar-refractivity contribution in [3.05, 3.63) is 170 Å². The summed E-state index contributed by atoms with van der Waals surface area (Å²) >= 11 is 0. The van der Waals surface area contributed by atoms with E-state index in [1.165, 1.54) is 71.3 Å². The molecule has 0 spiro atoms. The highest BCUT2D eigenvalue weighted by atomic mass is 15.2. The third-order valence-corrected chi connectivity index (χ3v) is 11.1. The molecule has 4 nitrogen and oxygen atoms in total. The van der Waals surface area contributed by atoms with Crippen LogP contribution in [-0.4, -0.2) is 19.1 Å². The molecule has 0 N–H and O–H groups in total. The van der Waals surface area contributed by atoms with E-state index in [1.807, 2.05) is 0 Å². The first-order valence-electron chi connectivity index (χ1n) is 17.8. The van der Waals surface area contributed by atoms with Gasteiger partial charge in [-0.15, -0.1) is 0 Å². The van der Waals surface area contributed by atoms with Crippen LogP contribution in [0.3, 0.4) is 0 Å². The first-order valence-corrected chi connectivity index (χ1v) is 17.8. The molecule has 0 radical (unpaired) electrons. The predicted octanol–water partition coefficient (Wildman–Crippen LogP) is 12.3. The van der Waals surface area contributed by atoms with E-state index in [1.54, 1.807) is 0 Å². The molecule has 52 heavy (non-hydrogen) atoms. The predicted molar refractivity (Wildman–Crippen MR) is 216 cm³/mol. The van der Waals surface area contributed by atoms with E-state index in [0.29, 0.717) is 5.95 Å². The number of rotatable bonds is 2. The summed E-state index contributed by atoms with van der Waals surface area (Å²) in [6, 6.07) is 61.2. The zero-order valence-electron chi connectivity index (χ0n) is 28.0. The van der Waals surface area contributed by atoms with Gasteiger partial charge < -0.3 is 4.57 Å². The average Bonchev–Trinajstić information content (AvgIpc) is 3.69. The fourth-order valence-corrected chi connectivity index (χ4v) is 8.84. The van der Waals surface area contributed by atoms with Crippen LogP contribution in [0, 0.1) is 0 Å². The van der Waals surface area contributed by atoms with Crippen LogP contribution < -0.4 is 0 Å². The van der Waals surface area contributed by atoms with Gasteiger partial charge in [0.1, 0.15) is 0 Å². The van der Waals surface area contributed by atoms with Crippen LogP contribution in [0.25, 0.3) is 110 Å². The van der Waals surface area contributed by atoms with Gasteiger partial charge in [0.25, 0.3) is 0 Å². The molecule has 1 aliphatic rings. The maximum atomic E-state index is 5.44. The fraction of sp³-hybridized carbons (Fsp3) is 0. The molecule has 0 aliphatic carbocycles. The molecule has 11 aromatic rings. The van der Waals surface area contributed by atoms with Gasteiger partial charge in [-0.2, -0.15) is 0 Å². The summed E-state index contributed by atoms with van der Waals surface area (Å²) in [5.74, 6) is 0.660. The molecule has 12 rings (SSSR count). The van der Waals surface area contributed by atoms with Crippen LogP contribution in [0.15, 0.2) is 170 Å². The summed E-state index contributed by atoms with van der Waals surface area (Å²) in [6.07, 6.45) is 0. The zero-order chi connectivity index (χ0) is 33.9. The Morgan fingerprint density at radius 2 is 1.04 bits per heavy atom. The number of para-hydroxylation sites is 3. The molecule has 8 aromatic carbocycles. The minimum absolute atomic E-state index is 0.660. The Morgan fingerprint density at radius 3 is 1.92 bits per heavy atom. The van der Waals surface area contributed by atoms with Gasteiger partial charge in [0, 0.05) is 49.0 Å².